The molecule has 0 radical (unpaired) electrons. The molecule has 21 heavy (non-hydrogen) atoms. The Morgan fingerprint density at radius 2 is 1.90 bits per heavy atom. The lowest BCUT2D eigenvalue weighted by Crippen LogP contribution is -2.46. The predicted octanol–water partition coefficient (Wildman–Crippen LogP) is 4.96. The number of hydrogen-bond acceptors (Lipinski definition) is 2. The van der Waals surface area contributed by atoms with Gasteiger partial charge in [-0.1, -0.05) is 58.6 Å². The van der Waals surface area contributed by atoms with Crippen LogP contribution in [0.1, 0.15) is 72.1 Å². The monoisotopic (exact) mass is 296 g/mol. The molecule has 0 bridgehead atoms. The molecule has 3 atom stereocenters. The van der Waals surface area contributed by atoms with Crippen molar-refractivity contribution in [2.45, 2.75) is 78.2 Å². The first-order valence-corrected chi connectivity index (χ1v) is 8.87. The zero-order chi connectivity index (χ0) is 15.7. The molecule has 0 saturated heterocycles. The highest BCUT2D eigenvalue weighted by molar-refractivity contribution is 5.01. The van der Waals surface area contributed by atoms with Crippen molar-refractivity contribution in [2.24, 2.45) is 17.3 Å². The van der Waals surface area contributed by atoms with E-state index < -0.39 is 0 Å². The molecular formula is C19H36O2. The maximum absolute atomic E-state index is 9.78. The Morgan fingerprint density at radius 1 is 1.19 bits per heavy atom. The van der Waals surface area contributed by atoms with Crippen LogP contribution in [-0.4, -0.2) is 24.9 Å². The zero-order valence-electron chi connectivity index (χ0n) is 14.6. The van der Waals surface area contributed by atoms with Crippen LogP contribution >= 0.6 is 0 Å². The SMILES string of the molecule is CCCCCCCC=CC1CCC(C)(C)C(OC)C1CO. The maximum Gasteiger partial charge on any atom is 0.0677 e. The molecule has 1 fully saturated rings. The summed E-state index contributed by atoms with van der Waals surface area (Å²) in [7, 11) is 1.79. The van der Waals surface area contributed by atoms with Gasteiger partial charge in [-0.05, 0) is 37.0 Å². The van der Waals surface area contributed by atoms with Crippen molar-refractivity contribution < 1.29 is 9.84 Å². The summed E-state index contributed by atoms with van der Waals surface area (Å²) in [4.78, 5) is 0. The van der Waals surface area contributed by atoms with E-state index in [4.69, 9.17) is 4.74 Å². The van der Waals surface area contributed by atoms with Crippen LogP contribution in [0.25, 0.3) is 0 Å². The van der Waals surface area contributed by atoms with Gasteiger partial charge < -0.3 is 9.84 Å². The van der Waals surface area contributed by atoms with Gasteiger partial charge >= 0.3 is 0 Å². The molecule has 1 aliphatic rings. The van der Waals surface area contributed by atoms with E-state index in [1.54, 1.807) is 7.11 Å². The molecular weight excluding hydrogens is 260 g/mol. The van der Waals surface area contributed by atoms with Crippen molar-refractivity contribution in [2.75, 3.05) is 13.7 Å². The van der Waals surface area contributed by atoms with E-state index in [2.05, 4.69) is 32.9 Å². The fourth-order valence-electron chi connectivity index (χ4n) is 3.80. The Bertz CT molecular complexity index is 296. The highest BCUT2D eigenvalue weighted by Gasteiger charge is 2.42. The molecule has 1 rings (SSSR count). The molecule has 1 saturated carbocycles. The first-order valence-electron chi connectivity index (χ1n) is 8.87. The molecule has 2 heteroatoms. The fourth-order valence-corrected chi connectivity index (χ4v) is 3.80. The number of aliphatic hydroxyl groups is 1. The summed E-state index contributed by atoms with van der Waals surface area (Å²) in [5, 5.41) is 9.78. The summed E-state index contributed by atoms with van der Waals surface area (Å²) in [5.74, 6) is 0.721. The molecule has 1 aliphatic carbocycles. The Labute approximate surface area is 132 Å². The summed E-state index contributed by atoms with van der Waals surface area (Å²) in [6.45, 7) is 7.01. The minimum Gasteiger partial charge on any atom is -0.396 e. The predicted molar refractivity (Wildman–Crippen MR) is 90.4 cm³/mol. The van der Waals surface area contributed by atoms with E-state index >= 15 is 0 Å². The van der Waals surface area contributed by atoms with Crippen molar-refractivity contribution in [1.82, 2.24) is 0 Å². The molecule has 0 aromatic heterocycles. The number of unbranched alkanes of at least 4 members (excludes halogenated alkanes) is 5. The molecule has 0 aliphatic heterocycles. The zero-order valence-corrected chi connectivity index (χ0v) is 14.6. The van der Waals surface area contributed by atoms with E-state index in [0.717, 1.165) is 0 Å². The van der Waals surface area contributed by atoms with Crippen LogP contribution < -0.4 is 0 Å². The maximum atomic E-state index is 9.78. The molecule has 0 heterocycles. The van der Waals surface area contributed by atoms with Gasteiger partial charge in [0.15, 0.2) is 0 Å². The fraction of sp³-hybridized carbons (Fsp3) is 0.895. The number of ether oxygens (including phenoxy) is 1. The van der Waals surface area contributed by atoms with Gasteiger partial charge in [0.25, 0.3) is 0 Å². The summed E-state index contributed by atoms with van der Waals surface area (Å²) in [6, 6.07) is 0. The Balaban J connectivity index is 2.43. The van der Waals surface area contributed by atoms with Crippen LogP contribution in [-0.2, 0) is 4.74 Å². The standard InChI is InChI=1S/C19H36O2/c1-5-6-7-8-9-10-11-12-16-13-14-19(2,3)18(21-4)17(16)15-20/h11-12,16-18,20H,5-10,13-15H2,1-4H3. The summed E-state index contributed by atoms with van der Waals surface area (Å²) in [5.41, 5.74) is 0.173. The second-order valence-corrected chi connectivity index (χ2v) is 7.32. The van der Waals surface area contributed by atoms with Gasteiger partial charge in [-0.3, -0.25) is 0 Å². The average molecular weight is 296 g/mol. The van der Waals surface area contributed by atoms with Crippen LogP contribution in [0.4, 0.5) is 0 Å². The minimum atomic E-state index is 0.162. The molecule has 1 N–H and O–H groups in total. The summed E-state index contributed by atoms with van der Waals surface area (Å²) >= 11 is 0. The highest BCUT2D eigenvalue weighted by atomic mass is 16.5. The quantitative estimate of drug-likeness (QED) is 0.481. The van der Waals surface area contributed by atoms with Crippen molar-refractivity contribution >= 4 is 0 Å². The third kappa shape index (κ3) is 5.75. The summed E-state index contributed by atoms with van der Waals surface area (Å²) in [6.07, 6.45) is 15.1. The molecule has 0 amide bonds. The van der Waals surface area contributed by atoms with Gasteiger partial charge in [0.1, 0.15) is 0 Å². The number of rotatable bonds is 9. The van der Waals surface area contributed by atoms with Crippen molar-refractivity contribution in [3.05, 3.63) is 12.2 Å². The van der Waals surface area contributed by atoms with Crippen LogP contribution in [0, 0.1) is 17.3 Å². The molecule has 0 aromatic carbocycles. The van der Waals surface area contributed by atoms with E-state index in [-0.39, 0.29) is 24.0 Å². The molecule has 0 spiro atoms. The summed E-state index contributed by atoms with van der Waals surface area (Å²) < 4.78 is 5.72. The lowest BCUT2D eigenvalue weighted by atomic mass is 9.65. The van der Waals surface area contributed by atoms with Crippen LogP contribution in [0.3, 0.4) is 0 Å². The molecule has 2 nitrogen and oxygen atoms in total. The second kappa shape index (κ2) is 9.63. The van der Waals surface area contributed by atoms with E-state index in [1.165, 1.54) is 51.4 Å². The number of aliphatic hydroxyl groups excluding tert-OH is 1. The van der Waals surface area contributed by atoms with Crippen molar-refractivity contribution in [1.29, 1.82) is 0 Å². The normalized spacial score (nSPS) is 29.1. The lowest BCUT2D eigenvalue weighted by Gasteiger charge is -2.45. The first kappa shape index (κ1) is 18.7. The largest absolute Gasteiger partial charge is 0.396 e. The minimum absolute atomic E-state index is 0.162. The van der Waals surface area contributed by atoms with E-state index in [0.29, 0.717) is 5.92 Å². The van der Waals surface area contributed by atoms with Crippen LogP contribution in [0.2, 0.25) is 0 Å². The van der Waals surface area contributed by atoms with Gasteiger partial charge in [-0.15, -0.1) is 0 Å². The van der Waals surface area contributed by atoms with Crippen LogP contribution in [0.15, 0.2) is 12.2 Å². The van der Waals surface area contributed by atoms with Gasteiger partial charge in [0.05, 0.1) is 6.10 Å². The first-order chi connectivity index (χ1) is 10.1. The van der Waals surface area contributed by atoms with Crippen LogP contribution in [0.5, 0.6) is 0 Å². The molecule has 124 valence electrons. The van der Waals surface area contributed by atoms with Gasteiger partial charge in [0, 0.05) is 19.6 Å². The van der Waals surface area contributed by atoms with Crippen molar-refractivity contribution in [3.8, 4) is 0 Å². The highest BCUT2D eigenvalue weighted by Crippen LogP contribution is 2.44. The topological polar surface area (TPSA) is 29.5 Å². The van der Waals surface area contributed by atoms with E-state index in [1.807, 2.05) is 0 Å². The molecule has 3 unspecified atom stereocenters. The number of methoxy groups -OCH3 is 1. The van der Waals surface area contributed by atoms with Gasteiger partial charge in [-0.2, -0.15) is 0 Å². The van der Waals surface area contributed by atoms with Crippen molar-refractivity contribution in [3.63, 3.8) is 0 Å². The Morgan fingerprint density at radius 3 is 2.52 bits per heavy atom. The Kier molecular flexibility index (Phi) is 8.58. The Hall–Kier alpha value is -0.340. The number of hydrogen-bond donors (Lipinski definition) is 1. The van der Waals surface area contributed by atoms with Gasteiger partial charge in [0.2, 0.25) is 0 Å². The molecule has 0 aromatic rings. The average Bonchev–Trinajstić information content (AvgIpc) is 2.46. The second-order valence-electron chi connectivity index (χ2n) is 7.32. The smallest absolute Gasteiger partial charge is 0.0677 e. The lowest BCUT2D eigenvalue weighted by molar-refractivity contribution is -0.0913. The third-order valence-corrected chi connectivity index (χ3v) is 5.15. The third-order valence-electron chi connectivity index (χ3n) is 5.15. The van der Waals surface area contributed by atoms with Gasteiger partial charge in [-0.25, -0.2) is 0 Å². The number of allylic oxidation sites excluding steroid dienone is 2. The van der Waals surface area contributed by atoms with E-state index in [9.17, 15) is 5.11 Å².